The molecule has 0 spiro atoms. The number of nitrogens with zero attached hydrogens (tertiary/aromatic N) is 2. The quantitative estimate of drug-likeness (QED) is 0.595. The fraction of sp³-hybridized carbons (Fsp3) is 0.364. The molecule has 0 amide bonds. The standard InChI is InChI=1S/C11H13N3O3/c1-8(7-15)6-13-11-3-2-10(14(16)17)4-9(11)5-12/h2-4,8,13,15H,6-7H2,1H3. The summed E-state index contributed by atoms with van der Waals surface area (Å²) in [5.74, 6) is 0.0525. The van der Waals surface area contributed by atoms with Gasteiger partial charge in [0.05, 0.1) is 16.2 Å². The van der Waals surface area contributed by atoms with Crippen molar-refractivity contribution >= 4 is 11.4 Å². The number of hydrogen-bond acceptors (Lipinski definition) is 5. The van der Waals surface area contributed by atoms with Crippen LogP contribution in [0.15, 0.2) is 18.2 Å². The Balaban J connectivity index is 2.87. The lowest BCUT2D eigenvalue weighted by Crippen LogP contribution is -2.15. The van der Waals surface area contributed by atoms with Gasteiger partial charge in [0.2, 0.25) is 0 Å². The summed E-state index contributed by atoms with van der Waals surface area (Å²) in [5.41, 5.74) is 0.657. The highest BCUT2D eigenvalue weighted by molar-refractivity contribution is 5.61. The molecule has 90 valence electrons. The number of anilines is 1. The predicted molar refractivity (Wildman–Crippen MR) is 62.6 cm³/mol. The summed E-state index contributed by atoms with van der Waals surface area (Å²) in [7, 11) is 0. The molecule has 0 bridgehead atoms. The van der Waals surface area contributed by atoms with Gasteiger partial charge in [0, 0.05) is 25.3 Å². The van der Waals surface area contributed by atoms with E-state index in [1.165, 1.54) is 18.2 Å². The van der Waals surface area contributed by atoms with Crippen molar-refractivity contribution in [2.45, 2.75) is 6.92 Å². The van der Waals surface area contributed by atoms with E-state index >= 15 is 0 Å². The summed E-state index contributed by atoms with van der Waals surface area (Å²) in [6.07, 6.45) is 0. The number of benzene rings is 1. The van der Waals surface area contributed by atoms with E-state index in [4.69, 9.17) is 10.4 Å². The molecule has 6 heteroatoms. The monoisotopic (exact) mass is 235 g/mol. The first-order valence-corrected chi connectivity index (χ1v) is 5.11. The number of nitro groups is 1. The fourth-order valence-corrected chi connectivity index (χ4v) is 1.24. The SMILES string of the molecule is CC(CO)CNc1ccc([N+](=O)[O-])cc1C#N. The maximum atomic E-state index is 10.5. The summed E-state index contributed by atoms with van der Waals surface area (Å²) >= 11 is 0. The molecule has 0 heterocycles. The van der Waals surface area contributed by atoms with E-state index in [0.717, 1.165) is 0 Å². The van der Waals surface area contributed by atoms with E-state index in [2.05, 4.69) is 5.32 Å². The third-order valence-corrected chi connectivity index (χ3v) is 2.29. The first kappa shape index (κ1) is 12.9. The van der Waals surface area contributed by atoms with E-state index in [0.29, 0.717) is 12.2 Å². The number of aliphatic hydroxyl groups excluding tert-OH is 1. The van der Waals surface area contributed by atoms with Gasteiger partial charge in [-0.3, -0.25) is 10.1 Å². The van der Waals surface area contributed by atoms with Crippen molar-refractivity contribution in [1.82, 2.24) is 0 Å². The molecule has 1 aromatic carbocycles. The van der Waals surface area contributed by atoms with Crippen LogP contribution in [0.2, 0.25) is 0 Å². The topological polar surface area (TPSA) is 99.2 Å². The minimum Gasteiger partial charge on any atom is -0.396 e. The highest BCUT2D eigenvalue weighted by atomic mass is 16.6. The first-order valence-electron chi connectivity index (χ1n) is 5.11. The molecular formula is C11H13N3O3. The molecule has 6 nitrogen and oxygen atoms in total. The van der Waals surface area contributed by atoms with Crippen molar-refractivity contribution in [2.24, 2.45) is 5.92 Å². The molecule has 0 aromatic heterocycles. The largest absolute Gasteiger partial charge is 0.396 e. The summed E-state index contributed by atoms with van der Waals surface area (Å²) < 4.78 is 0. The molecule has 0 aliphatic rings. The molecule has 1 rings (SSSR count). The van der Waals surface area contributed by atoms with Gasteiger partial charge in [0.25, 0.3) is 5.69 Å². The number of aliphatic hydroxyl groups is 1. The molecule has 1 unspecified atom stereocenters. The Kier molecular flexibility index (Phi) is 4.43. The van der Waals surface area contributed by atoms with Gasteiger partial charge in [-0.15, -0.1) is 0 Å². The normalized spacial score (nSPS) is 11.6. The lowest BCUT2D eigenvalue weighted by Gasteiger charge is -2.11. The van der Waals surface area contributed by atoms with Crippen LogP contribution in [0.4, 0.5) is 11.4 Å². The van der Waals surface area contributed by atoms with Crippen LogP contribution in [0.25, 0.3) is 0 Å². The number of rotatable bonds is 5. The zero-order chi connectivity index (χ0) is 12.8. The Morgan fingerprint density at radius 1 is 1.65 bits per heavy atom. The highest BCUT2D eigenvalue weighted by Crippen LogP contribution is 2.21. The molecule has 0 aliphatic carbocycles. The fourth-order valence-electron chi connectivity index (χ4n) is 1.24. The molecule has 1 aromatic rings. The Bertz CT molecular complexity index is 454. The van der Waals surface area contributed by atoms with Crippen molar-refractivity contribution in [3.05, 3.63) is 33.9 Å². The van der Waals surface area contributed by atoms with E-state index in [9.17, 15) is 10.1 Å². The summed E-state index contributed by atoms with van der Waals surface area (Å²) in [6.45, 7) is 2.40. The van der Waals surface area contributed by atoms with Gasteiger partial charge in [-0.1, -0.05) is 6.92 Å². The second kappa shape index (κ2) is 5.82. The number of hydrogen-bond donors (Lipinski definition) is 2. The average molecular weight is 235 g/mol. The average Bonchev–Trinajstić information content (AvgIpc) is 2.35. The van der Waals surface area contributed by atoms with Crippen molar-refractivity contribution in [2.75, 3.05) is 18.5 Å². The minimum absolute atomic E-state index is 0.0435. The van der Waals surface area contributed by atoms with E-state index < -0.39 is 4.92 Å². The van der Waals surface area contributed by atoms with Gasteiger partial charge >= 0.3 is 0 Å². The highest BCUT2D eigenvalue weighted by Gasteiger charge is 2.10. The Hall–Kier alpha value is -2.13. The van der Waals surface area contributed by atoms with Crippen LogP contribution in [0, 0.1) is 27.4 Å². The van der Waals surface area contributed by atoms with Crippen molar-refractivity contribution in [1.29, 1.82) is 5.26 Å². The summed E-state index contributed by atoms with van der Waals surface area (Å²) in [4.78, 5) is 9.99. The molecule has 17 heavy (non-hydrogen) atoms. The van der Waals surface area contributed by atoms with Crippen LogP contribution in [0.5, 0.6) is 0 Å². The molecule has 0 saturated carbocycles. The molecule has 0 saturated heterocycles. The number of nitriles is 1. The lowest BCUT2D eigenvalue weighted by molar-refractivity contribution is -0.384. The maximum Gasteiger partial charge on any atom is 0.270 e. The Labute approximate surface area is 98.6 Å². The zero-order valence-electron chi connectivity index (χ0n) is 9.38. The molecule has 2 N–H and O–H groups in total. The van der Waals surface area contributed by atoms with Crippen LogP contribution in [-0.2, 0) is 0 Å². The van der Waals surface area contributed by atoms with Crippen molar-refractivity contribution in [3.8, 4) is 6.07 Å². The summed E-state index contributed by atoms with van der Waals surface area (Å²) in [6, 6.07) is 5.97. The number of nitrogens with one attached hydrogen (secondary N) is 1. The van der Waals surface area contributed by atoms with E-state index in [1.54, 1.807) is 0 Å². The minimum atomic E-state index is -0.541. The van der Waals surface area contributed by atoms with Gasteiger partial charge in [-0.05, 0) is 12.0 Å². The number of non-ortho nitro benzene ring substituents is 1. The first-order chi connectivity index (χ1) is 8.08. The second-order valence-corrected chi connectivity index (χ2v) is 3.77. The van der Waals surface area contributed by atoms with Gasteiger partial charge in [0.15, 0.2) is 0 Å². The van der Waals surface area contributed by atoms with E-state index in [1.807, 2.05) is 13.0 Å². The number of nitro benzene ring substituents is 1. The smallest absolute Gasteiger partial charge is 0.270 e. The Morgan fingerprint density at radius 3 is 2.88 bits per heavy atom. The summed E-state index contributed by atoms with van der Waals surface area (Å²) in [5, 5.41) is 31.3. The third kappa shape index (κ3) is 3.43. The van der Waals surface area contributed by atoms with Crippen LogP contribution in [0.3, 0.4) is 0 Å². The molecule has 0 aliphatic heterocycles. The van der Waals surface area contributed by atoms with Crippen molar-refractivity contribution in [3.63, 3.8) is 0 Å². The Morgan fingerprint density at radius 2 is 2.35 bits per heavy atom. The molecule has 1 atom stereocenters. The van der Waals surface area contributed by atoms with Gasteiger partial charge in [-0.2, -0.15) is 5.26 Å². The van der Waals surface area contributed by atoms with Crippen molar-refractivity contribution < 1.29 is 10.0 Å². The van der Waals surface area contributed by atoms with Crippen LogP contribution in [0.1, 0.15) is 12.5 Å². The molecule has 0 radical (unpaired) electrons. The van der Waals surface area contributed by atoms with Gasteiger partial charge in [0.1, 0.15) is 6.07 Å². The van der Waals surface area contributed by atoms with Crippen LogP contribution in [-0.4, -0.2) is 23.2 Å². The zero-order valence-corrected chi connectivity index (χ0v) is 9.38. The van der Waals surface area contributed by atoms with Crippen LogP contribution >= 0.6 is 0 Å². The predicted octanol–water partition coefficient (Wildman–Crippen LogP) is 1.51. The molecular weight excluding hydrogens is 222 g/mol. The van der Waals surface area contributed by atoms with E-state index in [-0.39, 0.29) is 23.8 Å². The lowest BCUT2D eigenvalue weighted by atomic mass is 10.1. The van der Waals surface area contributed by atoms with Gasteiger partial charge in [-0.25, -0.2) is 0 Å². The maximum absolute atomic E-state index is 10.5. The third-order valence-electron chi connectivity index (χ3n) is 2.29. The molecule has 0 fully saturated rings. The second-order valence-electron chi connectivity index (χ2n) is 3.77. The van der Waals surface area contributed by atoms with Gasteiger partial charge < -0.3 is 10.4 Å². The van der Waals surface area contributed by atoms with Crippen LogP contribution < -0.4 is 5.32 Å².